The smallest absolute Gasteiger partial charge is 0.408 e. The van der Waals surface area contributed by atoms with Gasteiger partial charge in [0.15, 0.2) is 0 Å². The Morgan fingerprint density at radius 3 is 2.71 bits per heavy atom. The minimum absolute atomic E-state index is 0.306. The Balaban J connectivity index is 2.74. The quantitative estimate of drug-likeness (QED) is 0.649. The second-order valence-corrected chi connectivity index (χ2v) is 6.52. The number of carbonyl (C=O) groups is 2. The van der Waals surface area contributed by atoms with Crippen LogP contribution in [0.3, 0.4) is 0 Å². The second kappa shape index (κ2) is 7.98. The van der Waals surface area contributed by atoms with E-state index in [9.17, 15) is 9.59 Å². The number of halogens is 1. The van der Waals surface area contributed by atoms with Crippen molar-refractivity contribution >= 4 is 28.3 Å². The Bertz CT molecular complexity index is 520. The molecule has 1 atom stereocenters. The lowest BCUT2D eigenvalue weighted by atomic mass is 10.1. The van der Waals surface area contributed by atoms with Gasteiger partial charge >= 0.3 is 6.09 Å². The Labute approximate surface area is 133 Å². The van der Waals surface area contributed by atoms with Gasteiger partial charge in [0.05, 0.1) is 6.04 Å². The van der Waals surface area contributed by atoms with E-state index in [1.807, 2.05) is 24.3 Å². The maximum absolute atomic E-state index is 11.8. The van der Waals surface area contributed by atoms with Crippen molar-refractivity contribution in [2.45, 2.75) is 38.8 Å². The fraction of sp³-hybridized carbons (Fsp3) is 0.375. The van der Waals surface area contributed by atoms with Gasteiger partial charge in [0.25, 0.3) is 0 Å². The summed E-state index contributed by atoms with van der Waals surface area (Å²) in [5.41, 5.74) is 0.486. The van der Waals surface area contributed by atoms with Crippen LogP contribution in [0, 0.1) is 0 Å². The van der Waals surface area contributed by atoms with Crippen molar-refractivity contribution in [2.75, 3.05) is 0 Å². The van der Waals surface area contributed by atoms with Crippen LogP contribution in [0.25, 0.3) is 0 Å². The predicted octanol–water partition coefficient (Wildman–Crippen LogP) is 3.64. The molecule has 0 saturated heterocycles. The molecule has 1 rings (SSSR count). The molecule has 0 saturated carbocycles. The molecule has 1 N–H and O–H groups in total. The highest BCUT2D eigenvalue weighted by molar-refractivity contribution is 9.10. The van der Waals surface area contributed by atoms with Crippen LogP contribution in [-0.4, -0.2) is 24.0 Å². The minimum Gasteiger partial charge on any atom is -0.444 e. The van der Waals surface area contributed by atoms with Crippen molar-refractivity contribution in [3.8, 4) is 0 Å². The van der Waals surface area contributed by atoms with E-state index in [-0.39, 0.29) is 6.04 Å². The molecule has 1 amide bonds. The number of allylic oxidation sites excluding steroid dienone is 1. The lowest BCUT2D eigenvalue weighted by Gasteiger charge is -2.22. The van der Waals surface area contributed by atoms with Crippen molar-refractivity contribution in [1.29, 1.82) is 0 Å². The monoisotopic (exact) mass is 353 g/mol. The Kier molecular flexibility index (Phi) is 6.62. The third-order valence-electron chi connectivity index (χ3n) is 2.47. The fourth-order valence-electron chi connectivity index (χ4n) is 1.72. The lowest BCUT2D eigenvalue weighted by molar-refractivity contribution is -0.104. The molecule has 0 bridgehead atoms. The van der Waals surface area contributed by atoms with Crippen LogP contribution in [-0.2, 0) is 16.0 Å². The number of ether oxygens (including phenoxy) is 1. The molecule has 1 aromatic rings. The predicted molar refractivity (Wildman–Crippen MR) is 86.2 cm³/mol. The molecule has 0 aromatic heterocycles. The largest absolute Gasteiger partial charge is 0.444 e. The Hall–Kier alpha value is -1.62. The number of benzene rings is 1. The molecule has 1 aromatic carbocycles. The zero-order valence-corrected chi connectivity index (χ0v) is 14.0. The summed E-state index contributed by atoms with van der Waals surface area (Å²) in [6, 6.07) is 7.48. The second-order valence-electron chi connectivity index (χ2n) is 5.61. The van der Waals surface area contributed by atoms with Gasteiger partial charge in [-0.05, 0) is 51.0 Å². The van der Waals surface area contributed by atoms with E-state index in [0.29, 0.717) is 12.7 Å². The van der Waals surface area contributed by atoms with Crippen molar-refractivity contribution in [1.82, 2.24) is 5.32 Å². The highest BCUT2D eigenvalue weighted by atomic mass is 79.9. The average molecular weight is 354 g/mol. The van der Waals surface area contributed by atoms with Gasteiger partial charge in [-0.2, -0.15) is 0 Å². The normalized spacial score (nSPS) is 13.0. The molecule has 0 spiro atoms. The van der Waals surface area contributed by atoms with Crippen molar-refractivity contribution < 1.29 is 14.3 Å². The number of rotatable bonds is 5. The first-order valence-electron chi connectivity index (χ1n) is 6.66. The molecule has 0 aliphatic heterocycles. The van der Waals surface area contributed by atoms with Crippen LogP contribution in [0.5, 0.6) is 0 Å². The van der Waals surface area contributed by atoms with Gasteiger partial charge in [-0.15, -0.1) is 0 Å². The zero-order valence-electron chi connectivity index (χ0n) is 12.4. The van der Waals surface area contributed by atoms with Gasteiger partial charge in [-0.25, -0.2) is 4.79 Å². The number of aldehydes is 1. The third kappa shape index (κ3) is 7.66. The molecule has 0 fully saturated rings. The number of nitrogens with one attached hydrogen (secondary N) is 1. The minimum atomic E-state index is -0.557. The van der Waals surface area contributed by atoms with E-state index in [2.05, 4.69) is 21.2 Å². The standard InChI is InChI=1S/C16H20BrNO3/c1-16(2,3)21-15(20)18-14(8-5-9-19)11-12-6-4-7-13(17)10-12/h4-10,14H,11H2,1-3H3,(H,18,20)/b8-5-. The first-order valence-corrected chi connectivity index (χ1v) is 7.45. The van der Waals surface area contributed by atoms with Crippen LogP contribution >= 0.6 is 15.9 Å². The van der Waals surface area contributed by atoms with Crippen molar-refractivity contribution in [3.63, 3.8) is 0 Å². The summed E-state index contributed by atoms with van der Waals surface area (Å²) in [4.78, 5) is 22.3. The summed E-state index contributed by atoms with van der Waals surface area (Å²) in [5, 5.41) is 2.75. The Morgan fingerprint density at radius 2 is 2.14 bits per heavy atom. The molecule has 1 unspecified atom stereocenters. The van der Waals surface area contributed by atoms with Crippen molar-refractivity contribution in [3.05, 3.63) is 46.5 Å². The van der Waals surface area contributed by atoms with Gasteiger partial charge in [0, 0.05) is 4.47 Å². The van der Waals surface area contributed by atoms with Crippen LogP contribution in [0.1, 0.15) is 26.3 Å². The van der Waals surface area contributed by atoms with Gasteiger partial charge < -0.3 is 10.1 Å². The highest BCUT2D eigenvalue weighted by Crippen LogP contribution is 2.14. The molecule has 0 heterocycles. The number of carbonyl (C=O) groups excluding carboxylic acids is 2. The number of amides is 1. The SMILES string of the molecule is CC(C)(C)OC(=O)NC(/C=C\C=O)Cc1cccc(Br)c1. The van der Waals surface area contributed by atoms with Gasteiger partial charge in [-0.3, -0.25) is 4.79 Å². The van der Waals surface area contributed by atoms with Crippen LogP contribution in [0.15, 0.2) is 40.9 Å². The Morgan fingerprint density at radius 1 is 1.43 bits per heavy atom. The average Bonchev–Trinajstić information content (AvgIpc) is 2.33. The molecule has 0 aliphatic carbocycles. The summed E-state index contributed by atoms with van der Waals surface area (Å²) >= 11 is 3.41. The van der Waals surface area contributed by atoms with Gasteiger partial charge in [-0.1, -0.05) is 34.1 Å². The summed E-state index contributed by atoms with van der Waals surface area (Å²) in [6.07, 6.45) is 3.78. The highest BCUT2D eigenvalue weighted by Gasteiger charge is 2.18. The number of hydrogen-bond donors (Lipinski definition) is 1. The molecule has 114 valence electrons. The van der Waals surface area contributed by atoms with Crippen LogP contribution in [0.4, 0.5) is 4.79 Å². The van der Waals surface area contributed by atoms with E-state index in [1.54, 1.807) is 26.8 Å². The van der Waals surface area contributed by atoms with E-state index >= 15 is 0 Å². The van der Waals surface area contributed by atoms with Crippen LogP contribution < -0.4 is 5.32 Å². The third-order valence-corrected chi connectivity index (χ3v) is 2.96. The molecule has 4 nitrogen and oxygen atoms in total. The van der Waals surface area contributed by atoms with E-state index in [1.165, 1.54) is 6.08 Å². The summed E-state index contributed by atoms with van der Waals surface area (Å²) in [6.45, 7) is 5.41. The van der Waals surface area contributed by atoms with Gasteiger partial charge in [0.2, 0.25) is 0 Å². The molecule has 5 heteroatoms. The maximum Gasteiger partial charge on any atom is 0.408 e. The summed E-state index contributed by atoms with van der Waals surface area (Å²) in [5.74, 6) is 0. The maximum atomic E-state index is 11.8. The zero-order chi connectivity index (χ0) is 15.9. The van der Waals surface area contributed by atoms with Crippen molar-refractivity contribution in [2.24, 2.45) is 0 Å². The molecule has 0 radical (unpaired) electrons. The van der Waals surface area contributed by atoms with Crippen LogP contribution in [0.2, 0.25) is 0 Å². The molecule has 0 aliphatic rings. The first-order chi connectivity index (χ1) is 9.80. The number of hydrogen-bond acceptors (Lipinski definition) is 3. The summed E-state index contributed by atoms with van der Waals surface area (Å²) < 4.78 is 6.20. The summed E-state index contributed by atoms with van der Waals surface area (Å²) in [7, 11) is 0. The first kappa shape index (κ1) is 17.4. The van der Waals surface area contributed by atoms with E-state index < -0.39 is 11.7 Å². The molecular formula is C16H20BrNO3. The van der Waals surface area contributed by atoms with E-state index in [0.717, 1.165) is 10.0 Å². The lowest BCUT2D eigenvalue weighted by Crippen LogP contribution is -2.39. The van der Waals surface area contributed by atoms with Gasteiger partial charge in [0.1, 0.15) is 11.9 Å². The molecule has 21 heavy (non-hydrogen) atoms. The van der Waals surface area contributed by atoms with E-state index in [4.69, 9.17) is 4.74 Å². The fourth-order valence-corrected chi connectivity index (χ4v) is 2.17. The topological polar surface area (TPSA) is 55.4 Å². The molecular weight excluding hydrogens is 334 g/mol. The number of alkyl carbamates (subject to hydrolysis) is 1.